The van der Waals surface area contributed by atoms with Crippen LogP contribution in [0.1, 0.15) is 51.8 Å². The van der Waals surface area contributed by atoms with Crippen LogP contribution in [-0.4, -0.2) is 72.9 Å². The summed E-state index contributed by atoms with van der Waals surface area (Å²) >= 11 is 0. The van der Waals surface area contributed by atoms with Crippen molar-refractivity contribution in [2.24, 2.45) is 0 Å². The lowest BCUT2D eigenvalue weighted by atomic mass is 10.1. The molecule has 0 bridgehead atoms. The van der Waals surface area contributed by atoms with Crippen molar-refractivity contribution in [3.8, 4) is 11.5 Å². The van der Waals surface area contributed by atoms with Crippen molar-refractivity contribution in [1.29, 1.82) is 0 Å². The van der Waals surface area contributed by atoms with E-state index in [-0.39, 0.29) is 16.7 Å². The highest BCUT2D eigenvalue weighted by molar-refractivity contribution is 6.23. The zero-order valence-electron chi connectivity index (χ0n) is 24.8. The van der Waals surface area contributed by atoms with Crippen LogP contribution in [0.2, 0.25) is 0 Å². The van der Waals surface area contributed by atoms with Gasteiger partial charge in [-0.1, -0.05) is 24.3 Å². The van der Waals surface area contributed by atoms with Crippen LogP contribution in [0.5, 0.6) is 11.5 Å². The number of fused-ring (bicyclic) bond motifs is 1. The van der Waals surface area contributed by atoms with E-state index in [1.165, 1.54) is 19.1 Å². The molecule has 0 saturated heterocycles. The fraction of sp³-hybridized carbons (Fsp3) is 0.250. The predicted octanol–water partition coefficient (Wildman–Crippen LogP) is 3.45. The molecule has 1 aliphatic rings. The van der Waals surface area contributed by atoms with Gasteiger partial charge in [0.15, 0.2) is 13.2 Å². The molecule has 3 aromatic rings. The number of hydrogen-bond acceptors (Lipinski definition) is 10. The number of hydrogen-bond donors (Lipinski definition) is 2. The predicted molar refractivity (Wildman–Crippen MR) is 160 cm³/mol. The fourth-order valence-electron chi connectivity index (χ4n) is 4.39. The topological polar surface area (TPSA) is 167 Å². The summed E-state index contributed by atoms with van der Waals surface area (Å²) in [5.74, 6) is -3.89. The molecule has 2 N–H and O–H groups in total. The number of amides is 4. The number of benzene rings is 3. The lowest BCUT2D eigenvalue weighted by Gasteiger charge is -2.20. The highest BCUT2D eigenvalue weighted by atomic mass is 16.5. The summed E-state index contributed by atoms with van der Waals surface area (Å²) in [6.07, 6.45) is 0. The average molecular weight is 618 g/mol. The Morgan fingerprint density at radius 1 is 0.711 bits per heavy atom. The van der Waals surface area contributed by atoms with Crippen LogP contribution in [-0.2, 0) is 23.9 Å². The molecule has 0 saturated carbocycles. The molecule has 0 aromatic heterocycles. The van der Waals surface area contributed by atoms with Crippen LogP contribution in [0.15, 0.2) is 66.7 Å². The Balaban J connectivity index is 1.33. The number of carbonyl (C=O) groups excluding carboxylic acids is 6. The van der Waals surface area contributed by atoms with Crippen molar-refractivity contribution in [3.63, 3.8) is 0 Å². The zero-order chi connectivity index (χ0) is 32.5. The van der Waals surface area contributed by atoms with Gasteiger partial charge in [-0.3, -0.25) is 24.1 Å². The van der Waals surface area contributed by atoms with E-state index in [0.717, 1.165) is 6.07 Å². The second kappa shape index (κ2) is 14.6. The van der Waals surface area contributed by atoms with Crippen molar-refractivity contribution in [1.82, 2.24) is 4.90 Å². The minimum Gasteiger partial charge on any atom is -0.492 e. The molecule has 0 fully saturated rings. The van der Waals surface area contributed by atoms with E-state index in [1.54, 1.807) is 62.4 Å². The summed E-state index contributed by atoms with van der Waals surface area (Å²) in [6.45, 7) is 4.35. The summed E-state index contributed by atoms with van der Waals surface area (Å²) in [5, 5.41) is 5.18. The third kappa shape index (κ3) is 7.63. The van der Waals surface area contributed by atoms with Gasteiger partial charge in [0.2, 0.25) is 0 Å². The largest absolute Gasteiger partial charge is 0.492 e. The second-order valence-corrected chi connectivity index (χ2v) is 9.56. The summed E-state index contributed by atoms with van der Waals surface area (Å²) in [7, 11) is 0. The Labute approximate surface area is 258 Å². The van der Waals surface area contributed by atoms with Gasteiger partial charge in [0.25, 0.3) is 23.6 Å². The van der Waals surface area contributed by atoms with E-state index in [0.29, 0.717) is 41.0 Å². The van der Waals surface area contributed by atoms with E-state index < -0.39 is 54.8 Å². The first-order valence-electron chi connectivity index (χ1n) is 14.0. The first-order valence-corrected chi connectivity index (χ1v) is 14.0. The molecule has 0 spiro atoms. The third-order valence-electron chi connectivity index (χ3n) is 6.48. The Kier molecular flexibility index (Phi) is 10.5. The molecule has 1 atom stereocenters. The molecule has 13 nitrogen and oxygen atoms in total. The standard InChI is InChI=1S/C32H31N3O10/c1-4-42-25-12-8-6-10-23(25)33-27(36)17-44-31(40)19(3)35-29(38)21-15-14-20(16-22(21)30(35)39)32(41)45-18-28(37)34-24-11-7-9-13-26(24)43-5-2/h6-16,19H,4-5,17-18H2,1-3H3,(H,33,36)(H,34,37)/t19-/m1/s1. The number of carbonyl (C=O) groups is 6. The van der Waals surface area contributed by atoms with Crippen molar-refractivity contribution >= 4 is 46.9 Å². The molecule has 0 unspecified atom stereocenters. The number of para-hydroxylation sites is 4. The van der Waals surface area contributed by atoms with Gasteiger partial charge in [-0.25, -0.2) is 9.59 Å². The Morgan fingerprint density at radius 3 is 1.78 bits per heavy atom. The van der Waals surface area contributed by atoms with Gasteiger partial charge in [0.1, 0.15) is 17.5 Å². The average Bonchev–Trinajstić information content (AvgIpc) is 3.28. The maximum Gasteiger partial charge on any atom is 0.338 e. The van der Waals surface area contributed by atoms with Gasteiger partial charge in [-0.15, -0.1) is 0 Å². The minimum atomic E-state index is -1.38. The quantitative estimate of drug-likeness (QED) is 0.214. The maximum atomic E-state index is 13.1. The third-order valence-corrected chi connectivity index (χ3v) is 6.48. The molecule has 1 aliphatic heterocycles. The molecule has 1 heterocycles. The van der Waals surface area contributed by atoms with Gasteiger partial charge in [-0.05, 0) is 63.2 Å². The smallest absolute Gasteiger partial charge is 0.338 e. The lowest BCUT2D eigenvalue weighted by Crippen LogP contribution is -2.44. The number of ether oxygens (including phenoxy) is 4. The van der Waals surface area contributed by atoms with Gasteiger partial charge >= 0.3 is 11.9 Å². The normalized spacial score (nSPS) is 12.6. The monoisotopic (exact) mass is 617 g/mol. The van der Waals surface area contributed by atoms with Gasteiger partial charge in [0.05, 0.1) is 41.3 Å². The van der Waals surface area contributed by atoms with Crippen molar-refractivity contribution < 1.29 is 47.7 Å². The fourth-order valence-corrected chi connectivity index (χ4v) is 4.39. The lowest BCUT2D eigenvalue weighted by molar-refractivity contribution is -0.150. The number of rotatable bonds is 13. The Morgan fingerprint density at radius 2 is 1.22 bits per heavy atom. The molecular weight excluding hydrogens is 586 g/mol. The Bertz CT molecular complexity index is 1640. The van der Waals surface area contributed by atoms with E-state index in [2.05, 4.69) is 10.6 Å². The van der Waals surface area contributed by atoms with Gasteiger partial charge in [0, 0.05) is 0 Å². The summed E-state index contributed by atoms with van der Waals surface area (Å²) in [4.78, 5) is 77.0. The molecule has 45 heavy (non-hydrogen) atoms. The van der Waals surface area contributed by atoms with Gasteiger partial charge in [-0.2, -0.15) is 0 Å². The summed E-state index contributed by atoms with van der Waals surface area (Å²) in [6, 6.07) is 15.8. The molecule has 4 amide bonds. The van der Waals surface area contributed by atoms with Crippen molar-refractivity contribution in [3.05, 3.63) is 83.4 Å². The highest BCUT2D eigenvalue weighted by Crippen LogP contribution is 2.27. The summed E-state index contributed by atoms with van der Waals surface area (Å²) in [5.41, 5.74) is 0.540. The second-order valence-electron chi connectivity index (χ2n) is 9.56. The van der Waals surface area contributed by atoms with Crippen LogP contribution < -0.4 is 20.1 Å². The number of imide groups is 1. The molecular formula is C32H31N3O10. The zero-order valence-corrected chi connectivity index (χ0v) is 24.8. The van der Waals surface area contributed by atoms with Gasteiger partial charge < -0.3 is 29.6 Å². The Hall–Kier alpha value is -5.72. The molecule has 0 radical (unpaired) electrons. The molecule has 3 aromatic carbocycles. The van der Waals surface area contributed by atoms with Crippen LogP contribution in [0.3, 0.4) is 0 Å². The van der Waals surface area contributed by atoms with Crippen LogP contribution in [0, 0.1) is 0 Å². The summed E-state index contributed by atoms with van der Waals surface area (Å²) < 4.78 is 21.1. The molecule has 13 heteroatoms. The van der Waals surface area contributed by atoms with Crippen LogP contribution in [0.25, 0.3) is 0 Å². The van der Waals surface area contributed by atoms with E-state index in [4.69, 9.17) is 18.9 Å². The van der Waals surface area contributed by atoms with E-state index in [1.807, 2.05) is 0 Å². The number of nitrogens with one attached hydrogen (secondary N) is 2. The highest BCUT2D eigenvalue weighted by Gasteiger charge is 2.42. The minimum absolute atomic E-state index is 0.0354. The van der Waals surface area contributed by atoms with E-state index >= 15 is 0 Å². The van der Waals surface area contributed by atoms with Crippen molar-refractivity contribution in [2.45, 2.75) is 26.8 Å². The van der Waals surface area contributed by atoms with Crippen LogP contribution >= 0.6 is 0 Å². The number of nitrogens with zero attached hydrogens (tertiary/aromatic N) is 1. The maximum absolute atomic E-state index is 13.1. The molecule has 4 rings (SSSR count). The first kappa shape index (κ1) is 32.2. The van der Waals surface area contributed by atoms with E-state index in [9.17, 15) is 28.8 Å². The molecule has 0 aliphatic carbocycles. The number of anilines is 2. The first-order chi connectivity index (χ1) is 21.6. The van der Waals surface area contributed by atoms with Crippen molar-refractivity contribution in [2.75, 3.05) is 37.1 Å². The van der Waals surface area contributed by atoms with Crippen LogP contribution in [0.4, 0.5) is 11.4 Å². The number of esters is 2. The SMILES string of the molecule is CCOc1ccccc1NC(=O)COC(=O)c1ccc2c(c1)C(=O)N([C@H](C)C(=O)OCC(=O)Nc1ccccc1OCC)C2=O. The molecule has 234 valence electrons.